The maximum Gasteiger partial charge on any atom is 0.309 e. The van der Waals surface area contributed by atoms with Crippen LogP contribution in [0.3, 0.4) is 0 Å². The number of hydrogen-bond acceptors (Lipinski definition) is 3. The topological polar surface area (TPSA) is 60.9 Å². The van der Waals surface area contributed by atoms with E-state index < -0.39 is 11.4 Å². The van der Waals surface area contributed by atoms with Crippen molar-refractivity contribution in [3.8, 4) is 0 Å². The highest BCUT2D eigenvalue weighted by Gasteiger charge is 2.35. The fourth-order valence-electron chi connectivity index (χ4n) is 3.00. The Bertz CT molecular complexity index is 368. The maximum atomic E-state index is 12.3. The molecule has 2 aliphatic heterocycles. The number of hydrogen-bond donors (Lipinski definition) is 1. The normalized spacial score (nSPS) is 24.9. The van der Waals surface area contributed by atoms with Crippen LogP contribution >= 0.6 is 0 Å². The van der Waals surface area contributed by atoms with Crippen LogP contribution in [0.4, 0.5) is 0 Å². The van der Waals surface area contributed by atoms with Gasteiger partial charge in [0.25, 0.3) is 0 Å². The SMILES string of the molecule is CC(C)(CC(=O)N1CCCN2CCCC2C1)C(=O)O. The summed E-state index contributed by atoms with van der Waals surface area (Å²) in [6.45, 7) is 6.99. The third-order valence-corrected chi connectivity index (χ3v) is 4.33. The Balaban J connectivity index is 1.97. The van der Waals surface area contributed by atoms with E-state index in [2.05, 4.69) is 4.90 Å². The van der Waals surface area contributed by atoms with Gasteiger partial charge < -0.3 is 10.0 Å². The van der Waals surface area contributed by atoms with E-state index >= 15 is 0 Å². The zero-order chi connectivity index (χ0) is 14.0. The average molecular weight is 268 g/mol. The van der Waals surface area contributed by atoms with Crippen molar-refractivity contribution >= 4 is 11.9 Å². The molecule has 5 heteroatoms. The second-order valence-corrected chi connectivity index (χ2v) is 6.39. The molecular weight excluding hydrogens is 244 g/mol. The number of carboxylic acids is 1. The predicted octanol–water partition coefficient (Wildman–Crippen LogP) is 1.18. The van der Waals surface area contributed by atoms with E-state index in [4.69, 9.17) is 5.11 Å². The third-order valence-electron chi connectivity index (χ3n) is 4.33. The largest absolute Gasteiger partial charge is 0.481 e. The summed E-state index contributed by atoms with van der Waals surface area (Å²) < 4.78 is 0. The van der Waals surface area contributed by atoms with Crippen molar-refractivity contribution in [3.63, 3.8) is 0 Å². The Labute approximate surface area is 114 Å². The van der Waals surface area contributed by atoms with Crippen LogP contribution in [0, 0.1) is 5.41 Å². The molecule has 2 rings (SSSR count). The van der Waals surface area contributed by atoms with Gasteiger partial charge in [0.05, 0.1) is 5.41 Å². The minimum absolute atomic E-state index is 0.0128. The highest BCUT2D eigenvalue weighted by Crippen LogP contribution is 2.25. The van der Waals surface area contributed by atoms with Crippen LogP contribution in [0.15, 0.2) is 0 Å². The standard InChI is InChI=1S/C14H24N2O3/c1-14(2,13(18)19)9-12(17)16-8-4-7-15-6-3-5-11(15)10-16/h11H,3-10H2,1-2H3,(H,18,19). The molecule has 1 amide bonds. The van der Waals surface area contributed by atoms with Gasteiger partial charge in [-0.25, -0.2) is 0 Å². The van der Waals surface area contributed by atoms with Crippen molar-refractivity contribution in [2.75, 3.05) is 26.2 Å². The van der Waals surface area contributed by atoms with Gasteiger partial charge in [0.15, 0.2) is 0 Å². The molecule has 0 aromatic rings. The lowest BCUT2D eigenvalue weighted by Gasteiger charge is -2.28. The molecule has 2 heterocycles. The van der Waals surface area contributed by atoms with Gasteiger partial charge in [0.1, 0.15) is 0 Å². The van der Waals surface area contributed by atoms with Crippen LogP contribution in [0.2, 0.25) is 0 Å². The van der Waals surface area contributed by atoms with Gasteiger partial charge in [-0.05, 0) is 39.7 Å². The summed E-state index contributed by atoms with van der Waals surface area (Å²) in [5, 5.41) is 9.12. The molecule has 1 unspecified atom stereocenters. The van der Waals surface area contributed by atoms with Crippen molar-refractivity contribution in [2.24, 2.45) is 5.41 Å². The molecule has 0 saturated carbocycles. The molecule has 0 aromatic carbocycles. The van der Waals surface area contributed by atoms with Gasteiger partial charge in [0.2, 0.25) is 5.91 Å². The minimum Gasteiger partial charge on any atom is -0.481 e. The highest BCUT2D eigenvalue weighted by molar-refractivity contribution is 5.84. The van der Waals surface area contributed by atoms with Gasteiger partial charge in [-0.2, -0.15) is 0 Å². The molecule has 0 bridgehead atoms. The molecule has 19 heavy (non-hydrogen) atoms. The monoisotopic (exact) mass is 268 g/mol. The summed E-state index contributed by atoms with van der Waals surface area (Å²) >= 11 is 0. The number of fused-ring (bicyclic) bond motifs is 1. The molecule has 0 radical (unpaired) electrons. The summed E-state index contributed by atoms with van der Waals surface area (Å²) in [5.41, 5.74) is -0.973. The van der Waals surface area contributed by atoms with Crippen LogP contribution in [0.5, 0.6) is 0 Å². The first-order chi connectivity index (χ1) is 8.90. The van der Waals surface area contributed by atoms with Crippen molar-refractivity contribution in [2.45, 2.75) is 45.6 Å². The summed E-state index contributed by atoms with van der Waals surface area (Å²) in [7, 11) is 0. The highest BCUT2D eigenvalue weighted by atomic mass is 16.4. The number of amides is 1. The molecule has 2 saturated heterocycles. The maximum absolute atomic E-state index is 12.3. The number of carbonyl (C=O) groups is 2. The molecule has 2 fully saturated rings. The molecular formula is C14H24N2O3. The second-order valence-electron chi connectivity index (χ2n) is 6.39. The molecule has 1 N–H and O–H groups in total. The first kappa shape index (κ1) is 14.3. The Kier molecular flexibility index (Phi) is 4.13. The van der Waals surface area contributed by atoms with E-state index in [1.807, 2.05) is 4.90 Å². The van der Waals surface area contributed by atoms with Crippen LogP contribution in [-0.2, 0) is 9.59 Å². The molecule has 0 aliphatic carbocycles. The number of carbonyl (C=O) groups excluding carboxylic acids is 1. The summed E-state index contributed by atoms with van der Waals surface area (Å²) in [6, 6.07) is 0.486. The first-order valence-electron chi connectivity index (χ1n) is 7.15. The van der Waals surface area contributed by atoms with Crippen molar-refractivity contribution in [1.82, 2.24) is 9.80 Å². The number of carboxylic acid groups (broad SMARTS) is 1. The van der Waals surface area contributed by atoms with Crippen molar-refractivity contribution in [1.29, 1.82) is 0 Å². The Morgan fingerprint density at radius 2 is 1.89 bits per heavy atom. The molecule has 0 aromatic heterocycles. The number of rotatable bonds is 3. The molecule has 2 aliphatic rings. The van der Waals surface area contributed by atoms with Gasteiger partial charge in [0, 0.05) is 32.1 Å². The Morgan fingerprint density at radius 1 is 1.21 bits per heavy atom. The lowest BCUT2D eigenvalue weighted by molar-refractivity contribution is -0.151. The number of aliphatic carboxylic acids is 1. The zero-order valence-corrected chi connectivity index (χ0v) is 11.9. The molecule has 1 atom stereocenters. The summed E-state index contributed by atoms with van der Waals surface area (Å²) in [4.78, 5) is 27.8. The van der Waals surface area contributed by atoms with Crippen LogP contribution in [0.25, 0.3) is 0 Å². The van der Waals surface area contributed by atoms with Crippen molar-refractivity contribution < 1.29 is 14.7 Å². The minimum atomic E-state index is -0.973. The smallest absolute Gasteiger partial charge is 0.309 e. The lowest BCUT2D eigenvalue weighted by Crippen LogP contribution is -2.42. The van der Waals surface area contributed by atoms with Crippen LogP contribution in [-0.4, -0.2) is 59.0 Å². The van der Waals surface area contributed by atoms with Crippen LogP contribution < -0.4 is 0 Å². The number of nitrogens with zero attached hydrogens (tertiary/aromatic N) is 2. The van der Waals surface area contributed by atoms with Gasteiger partial charge in [-0.3, -0.25) is 14.5 Å². The Hall–Kier alpha value is -1.10. The van der Waals surface area contributed by atoms with E-state index in [1.165, 1.54) is 6.42 Å². The summed E-state index contributed by atoms with van der Waals surface area (Å²) in [5.74, 6) is -0.917. The summed E-state index contributed by atoms with van der Waals surface area (Å²) in [6.07, 6.45) is 3.46. The van der Waals surface area contributed by atoms with E-state index in [-0.39, 0.29) is 12.3 Å². The van der Waals surface area contributed by atoms with Gasteiger partial charge in [-0.1, -0.05) is 0 Å². The van der Waals surface area contributed by atoms with E-state index in [9.17, 15) is 9.59 Å². The average Bonchev–Trinajstić information content (AvgIpc) is 2.65. The van der Waals surface area contributed by atoms with E-state index in [0.29, 0.717) is 6.04 Å². The van der Waals surface area contributed by atoms with Crippen molar-refractivity contribution in [3.05, 3.63) is 0 Å². The zero-order valence-electron chi connectivity index (χ0n) is 11.9. The quantitative estimate of drug-likeness (QED) is 0.835. The second kappa shape index (κ2) is 5.49. The van der Waals surface area contributed by atoms with Gasteiger partial charge >= 0.3 is 5.97 Å². The Morgan fingerprint density at radius 3 is 2.58 bits per heavy atom. The molecule has 108 valence electrons. The van der Waals surface area contributed by atoms with Crippen LogP contribution in [0.1, 0.15) is 39.5 Å². The van der Waals surface area contributed by atoms with E-state index in [0.717, 1.165) is 39.0 Å². The molecule has 5 nitrogen and oxygen atoms in total. The fraction of sp³-hybridized carbons (Fsp3) is 0.857. The molecule has 0 spiro atoms. The third kappa shape index (κ3) is 3.26. The van der Waals surface area contributed by atoms with Gasteiger partial charge in [-0.15, -0.1) is 0 Å². The van der Waals surface area contributed by atoms with E-state index in [1.54, 1.807) is 13.8 Å². The fourth-order valence-corrected chi connectivity index (χ4v) is 3.00. The first-order valence-corrected chi connectivity index (χ1v) is 7.15. The lowest BCUT2D eigenvalue weighted by atomic mass is 9.89. The predicted molar refractivity (Wildman–Crippen MR) is 71.8 cm³/mol.